The van der Waals surface area contributed by atoms with E-state index in [-0.39, 0.29) is 5.15 Å². The molecule has 0 spiro atoms. The molecule has 0 unspecified atom stereocenters. The van der Waals surface area contributed by atoms with Gasteiger partial charge in [-0.15, -0.1) is 11.3 Å². The third kappa shape index (κ3) is 2.51. The summed E-state index contributed by atoms with van der Waals surface area (Å²) in [5.74, 6) is 0. The van der Waals surface area contributed by atoms with Crippen LogP contribution in [0.25, 0.3) is 11.0 Å². The predicted molar refractivity (Wildman–Crippen MR) is 77.5 cm³/mol. The minimum Gasteiger partial charge on any atom is -0.333 e. The van der Waals surface area contributed by atoms with E-state index in [9.17, 15) is 4.79 Å². The van der Waals surface area contributed by atoms with Crippen molar-refractivity contribution in [3.63, 3.8) is 0 Å². The van der Waals surface area contributed by atoms with Gasteiger partial charge in [-0.1, -0.05) is 17.7 Å². The molecule has 0 aliphatic rings. The van der Waals surface area contributed by atoms with Gasteiger partial charge in [-0.05, 0) is 36.4 Å². The quantitative estimate of drug-likeness (QED) is 0.744. The van der Waals surface area contributed by atoms with Crippen molar-refractivity contribution in [1.82, 2.24) is 15.0 Å². The summed E-state index contributed by atoms with van der Waals surface area (Å²) in [5, 5.41) is 0.984. The van der Waals surface area contributed by atoms with Crippen molar-refractivity contribution >= 4 is 52.0 Å². The van der Waals surface area contributed by atoms with Gasteiger partial charge >= 0.3 is 0 Å². The number of rotatable bonds is 3. The van der Waals surface area contributed by atoms with Gasteiger partial charge in [0.1, 0.15) is 4.88 Å². The van der Waals surface area contributed by atoms with Crippen LogP contribution in [-0.2, 0) is 0 Å². The number of benzene rings is 1. The molecule has 0 saturated carbocycles. The van der Waals surface area contributed by atoms with Gasteiger partial charge in [0, 0.05) is 0 Å². The molecule has 0 radical (unpaired) electrons. The highest BCUT2D eigenvalue weighted by Crippen LogP contribution is 2.33. The predicted octanol–water partition coefficient (Wildman–Crippen LogP) is 3.94. The van der Waals surface area contributed by atoms with Crippen LogP contribution in [0.3, 0.4) is 0 Å². The molecule has 1 aromatic carbocycles. The number of carbonyl (C=O) groups excluding carboxylic acids is 1. The second-order valence-corrected chi connectivity index (χ2v) is 6.54. The maximum absolute atomic E-state index is 10.7. The molecule has 3 rings (SSSR count). The summed E-state index contributed by atoms with van der Waals surface area (Å²) in [6, 6.07) is 6.03. The highest BCUT2D eigenvalue weighted by atomic mass is 35.5. The first-order valence-corrected chi connectivity index (χ1v) is 7.42. The van der Waals surface area contributed by atoms with Gasteiger partial charge in [0.05, 0.1) is 11.0 Å². The molecule has 3 aromatic rings. The summed E-state index contributed by atoms with van der Waals surface area (Å²) < 4.78 is 0.697. The Morgan fingerprint density at radius 2 is 2.26 bits per heavy atom. The largest absolute Gasteiger partial charge is 0.333 e. The number of aldehydes is 1. The van der Waals surface area contributed by atoms with E-state index in [1.807, 2.05) is 25.1 Å². The summed E-state index contributed by atoms with van der Waals surface area (Å²) in [4.78, 5) is 23.0. The van der Waals surface area contributed by atoms with E-state index in [1.54, 1.807) is 0 Å². The van der Waals surface area contributed by atoms with Crippen LogP contribution in [0, 0.1) is 6.92 Å². The molecular weight excluding hydrogens is 302 g/mol. The maximum atomic E-state index is 10.7. The highest BCUT2D eigenvalue weighted by Gasteiger charge is 2.12. The average molecular weight is 310 g/mol. The molecule has 0 aliphatic carbocycles. The van der Waals surface area contributed by atoms with Crippen LogP contribution in [0.1, 0.15) is 15.2 Å². The number of nitrogens with zero attached hydrogens (tertiary/aromatic N) is 2. The molecule has 2 heterocycles. The number of aryl methyl sites for hydroxylation is 1. The summed E-state index contributed by atoms with van der Waals surface area (Å²) in [6.45, 7) is 2.03. The first-order chi connectivity index (χ1) is 9.15. The lowest BCUT2D eigenvalue weighted by atomic mass is 10.2. The molecule has 0 saturated heterocycles. The lowest BCUT2D eigenvalue weighted by molar-refractivity contribution is 0.112. The topological polar surface area (TPSA) is 58.6 Å². The fraction of sp³-hybridized carbons (Fsp3) is 0.0833. The molecule has 0 fully saturated rings. The van der Waals surface area contributed by atoms with Crippen molar-refractivity contribution in [2.24, 2.45) is 0 Å². The summed E-state index contributed by atoms with van der Waals surface area (Å²) in [7, 11) is 0. The number of thiazole rings is 1. The van der Waals surface area contributed by atoms with Crippen LogP contribution in [0.2, 0.25) is 5.15 Å². The molecule has 96 valence electrons. The SMILES string of the molecule is Cc1ccc2nc(Sc3nc(Cl)c(C=O)s3)[nH]c2c1. The molecule has 0 atom stereocenters. The number of halogens is 1. The number of carbonyl (C=O) groups is 1. The first-order valence-electron chi connectivity index (χ1n) is 5.41. The second kappa shape index (κ2) is 4.96. The van der Waals surface area contributed by atoms with Gasteiger partial charge in [-0.2, -0.15) is 0 Å². The zero-order valence-corrected chi connectivity index (χ0v) is 12.2. The van der Waals surface area contributed by atoms with Gasteiger partial charge in [0.25, 0.3) is 0 Å². The molecule has 4 nitrogen and oxygen atoms in total. The van der Waals surface area contributed by atoms with Crippen molar-refractivity contribution in [3.05, 3.63) is 33.8 Å². The van der Waals surface area contributed by atoms with Crippen molar-refractivity contribution in [1.29, 1.82) is 0 Å². The second-order valence-electron chi connectivity index (χ2n) is 3.92. The van der Waals surface area contributed by atoms with Crippen molar-refractivity contribution < 1.29 is 4.79 Å². The van der Waals surface area contributed by atoms with E-state index in [0.717, 1.165) is 16.2 Å². The van der Waals surface area contributed by atoms with Crippen molar-refractivity contribution in [3.8, 4) is 0 Å². The van der Waals surface area contributed by atoms with E-state index >= 15 is 0 Å². The minimum absolute atomic E-state index is 0.245. The normalized spacial score (nSPS) is 11.1. The Morgan fingerprint density at radius 1 is 1.42 bits per heavy atom. The van der Waals surface area contributed by atoms with Crippen LogP contribution in [-0.4, -0.2) is 21.2 Å². The Kier molecular flexibility index (Phi) is 3.30. The molecular formula is C12H8ClN3OS2. The van der Waals surface area contributed by atoms with Gasteiger partial charge in [-0.25, -0.2) is 9.97 Å². The van der Waals surface area contributed by atoms with Crippen LogP contribution in [0.15, 0.2) is 27.7 Å². The van der Waals surface area contributed by atoms with Crippen LogP contribution in [0.5, 0.6) is 0 Å². The Morgan fingerprint density at radius 3 is 3.00 bits per heavy atom. The number of nitrogens with one attached hydrogen (secondary N) is 1. The lowest BCUT2D eigenvalue weighted by Gasteiger charge is -1.89. The molecule has 19 heavy (non-hydrogen) atoms. The molecule has 0 aliphatic heterocycles. The highest BCUT2D eigenvalue weighted by molar-refractivity contribution is 8.00. The number of H-pyrrole nitrogens is 1. The van der Waals surface area contributed by atoms with E-state index in [0.29, 0.717) is 15.5 Å². The Bertz CT molecular complexity index is 766. The Labute approximate surface area is 122 Å². The molecule has 7 heteroatoms. The summed E-state index contributed by atoms with van der Waals surface area (Å²) in [5.41, 5.74) is 3.07. The monoisotopic (exact) mass is 309 g/mol. The Hall–Kier alpha value is -1.37. The number of imidazole rings is 1. The van der Waals surface area contributed by atoms with Crippen molar-refractivity contribution in [2.75, 3.05) is 0 Å². The van der Waals surface area contributed by atoms with E-state index in [1.165, 1.54) is 28.7 Å². The maximum Gasteiger partial charge on any atom is 0.173 e. The fourth-order valence-corrected chi connectivity index (χ4v) is 3.77. The zero-order valence-electron chi connectivity index (χ0n) is 9.81. The number of hydrogen-bond acceptors (Lipinski definition) is 5. The van der Waals surface area contributed by atoms with E-state index < -0.39 is 0 Å². The molecule has 0 amide bonds. The fourth-order valence-electron chi connectivity index (χ4n) is 1.64. The van der Waals surface area contributed by atoms with Gasteiger partial charge < -0.3 is 4.98 Å². The number of fused-ring (bicyclic) bond motifs is 1. The Balaban J connectivity index is 1.93. The standard InChI is InChI=1S/C12H8ClN3OS2/c1-6-2-3-7-8(4-6)15-11(14-7)19-12-16-10(13)9(5-17)18-12/h2-5H,1H3,(H,14,15). The summed E-state index contributed by atoms with van der Waals surface area (Å²) in [6.07, 6.45) is 0.714. The third-order valence-electron chi connectivity index (χ3n) is 2.50. The van der Waals surface area contributed by atoms with Gasteiger partial charge in [0.2, 0.25) is 0 Å². The molecule has 1 N–H and O–H groups in total. The number of hydrogen-bond donors (Lipinski definition) is 1. The van der Waals surface area contributed by atoms with E-state index in [4.69, 9.17) is 11.6 Å². The van der Waals surface area contributed by atoms with Crippen molar-refractivity contribution in [2.45, 2.75) is 16.4 Å². The number of aromatic nitrogens is 3. The van der Waals surface area contributed by atoms with E-state index in [2.05, 4.69) is 15.0 Å². The van der Waals surface area contributed by atoms with Crippen LogP contribution >= 0.6 is 34.7 Å². The lowest BCUT2D eigenvalue weighted by Crippen LogP contribution is -1.74. The van der Waals surface area contributed by atoms with Crippen LogP contribution < -0.4 is 0 Å². The zero-order chi connectivity index (χ0) is 13.4. The minimum atomic E-state index is 0.245. The molecule has 2 aromatic heterocycles. The first kappa shape index (κ1) is 12.7. The third-order valence-corrected chi connectivity index (χ3v) is 4.82. The van der Waals surface area contributed by atoms with Crippen LogP contribution in [0.4, 0.5) is 0 Å². The molecule has 0 bridgehead atoms. The van der Waals surface area contributed by atoms with Gasteiger partial charge in [0.15, 0.2) is 20.9 Å². The van der Waals surface area contributed by atoms with Gasteiger partial charge in [-0.3, -0.25) is 4.79 Å². The average Bonchev–Trinajstić information content (AvgIpc) is 2.91. The summed E-state index contributed by atoms with van der Waals surface area (Å²) >= 11 is 8.46. The smallest absolute Gasteiger partial charge is 0.173 e. The number of aromatic amines is 1.